The summed E-state index contributed by atoms with van der Waals surface area (Å²) < 4.78 is 58.3. The molecule has 0 aliphatic carbocycles. The quantitative estimate of drug-likeness (QED) is 0.289. The van der Waals surface area contributed by atoms with E-state index < -0.39 is 34.9 Å². The molecule has 2 aromatic heterocycles. The van der Waals surface area contributed by atoms with Crippen molar-refractivity contribution >= 4 is 16.6 Å². The van der Waals surface area contributed by atoms with E-state index >= 15 is 0 Å². The lowest BCUT2D eigenvalue weighted by Crippen LogP contribution is -2.40. The Labute approximate surface area is 209 Å². The van der Waals surface area contributed by atoms with E-state index in [1.807, 2.05) is 0 Å². The minimum Gasteiger partial charge on any atom is -0.381 e. The van der Waals surface area contributed by atoms with Crippen LogP contribution in [0.2, 0.25) is 0 Å². The highest BCUT2D eigenvalue weighted by molar-refractivity contribution is 5.82. The summed E-state index contributed by atoms with van der Waals surface area (Å²) in [6.45, 7) is 1.71. The number of anilines is 1. The third-order valence-electron chi connectivity index (χ3n) is 6.30. The minimum absolute atomic E-state index is 0.110. The second-order valence-corrected chi connectivity index (χ2v) is 8.83. The van der Waals surface area contributed by atoms with Gasteiger partial charge in [-0.05, 0) is 48.9 Å². The number of aliphatic hydroxyl groups is 1. The zero-order valence-electron chi connectivity index (χ0n) is 19.6. The van der Waals surface area contributed by atoms with Crippen molar-refractivity contribution < 1.29 is 22.7 Å². The summed E-state index contributed by atoms with van der Waals surface area (Å²) in [4.78, 5) is 3.88. The summed E-state index contributed by atoms with van der Waals surface area (Å²) in [5, 5.41) is 24.2. The van der Waals surface area contributed by atoms with Gasteiger partial charge in [0, 0.05) is 41.5 Å². The molecular formula is C26H22F4N6O. The summed E-state index contributed by atoms with van der Waals surface area (Å²) in [5.74, 6) is -2.97. The van der Waals surface area contributed by atoms with Crippen LogP contribution in [0.15, 0.2) is 73.4 Å². The summed E-state index contributed by atoms with van der Waals surface area (Å²) in [5.41, 5.74) is -0.234. The van der Waals surface area contributed by atoms with Gasteiger partial charge in [-0.2, -0.15) is 10.2 Å². The van der Waals surface area contributed by atoms with Crippen molar-refractivity contribution in [1.29, 1.82) is 0 Å². The molecule has 5 rings (SSSR count). The highest BCUT2D eigenvalue weighted by atomic mass is 19.1. The van der Waals surface area contributed by atoms with Crippen LogP contribution in [-0.2, 0) is 18.7 Å². The first kappa shape index (κ1) is 24.4. The number of benzene rings is 3. The monoisotopic (exact) mass is 510 g/mol. The molecule has 3 aromatic carbocycles. The molecule has 2 N–H and O–H groups in total. The van der Waals surface area contributed by atoms with Gasteiger partial charge in [-0.25, -0.2) is 27.2 Å². The van der Waals surface area contributed by atoms with E-state index in [9.17, 15) is 22.7 Å². The van der Waals surface area contributed by atoms with Gasteiger partial charge in [-0.3, -0.25) is 4.68 Å². The highest BCUT2D eigenvalue weighted by Crippen LogP contribution is 2.37. The van der Waals surface area contributed by atoms with Crippen molar-refractivity contribution in [2.24, 2.45) is 0 Å². The number of halogens is 4. The molecule has 5 aromatic rings. The first-order chi connectivity index (χ1) is 17.7. The third-order valence-corrected chi connectivity index (χ3v) is 6.30. The number of hydrogen-bond donors (Lipinski definition) is 2. The molecule has 7 nitrogen and oxygen atoms in total. The van der Waals surface area contributed by atoms with Crippen molar-refractivity contribution in [3.8, 4) is 0 Å². The van der Waals surface area contributed by atoms with E-state index in [0.717, 1.165) is 18.2 Å². The molecule has 0 bridgehead atoms. The van der Waals surface area contributed by atoms with Crippen molar-refractivity contribution in [2.45, 2.75) is 31.7 Å². The normalized spacial score (nSPS) is 14.0. The van der Waals surface area contributed by atoms with E-state index in [0.29, 0.717) is 22.2 Å². The maximum absolute atomic E-state index is 14.9. The Morgan fingerprint density at radius 1 is 0.973 bits per heavy atom. The maximum Gasteiger partial charge on any atom is 0.137 e. The van der Waals surface area contributed by atoms with E-state index in [-0.39, 0.29) is 18.7 Å². The number of fused-ring (bicyclic) bond motifs is 1. The number of aromatic nitrogens is 5. The van der Waals surface area contributed by atoms with Crippen LogP contribution in [0.4, 0.5) is 23.2 Å². The highest BCUT2D eigenvalue weighted by Gasteiger charge is 2.40. The van der Waals surface area contributed by atoms with Gasteiger partial charge in [-0.15, -0.1) is 0 Å². The fraction of sp³-hybridized carbons (Fsp3) is 0.192. The number of nitrogens with zero attached hydrogens (tertiary/aromatic N) is 5. The lowest BCUT2D eigenvalue weighted by molar-refractivity contribution is -0.0366. The predicted octanol–water partition coefficient (Wildman–Crippen LogP) is 4.95. The van der Waals surface area contributed by atoms with E-state index in [1.54, 1.807) is 31.3 Å². The van der Waals surface area contributed by atoms with Crippen LogP contribution in [-0.4, -0.2) is 29.7 Å². The van der Waals surface area contributed by atoms with Crippen molar-refractivity contribution in [3.63, 3.8) is 0 Å². The Kier molecular flexibility index (Phi) is 6.38. The Morgan fingerprint density at radius 2 is 1.76 bits per heavy atom. The molecule has 2 heterocycles. The summed E-state index contributed by atoms with van der Waals surface area (Å²) in [6.07, 6.45) is 4.38. The van der Waals surface area contributed by atoms with Crippen LogP contribution in [0.25, 0.3) is 10.9 Å². The molecule has 0 saturated heterocycles. The average Bonchev–Trinajstić information content (AvgIpc) is 3.50. The van der Waals surface area contributed by atoms with Gasteiger partial charge < -0.3 is 10.4 Å². The third kappa shape index (κ3) is 5.03. The number of nitrogens with one attached hydrogen (secondary N) is 1. The first-order valence-corrected chi connectivity index (χ1v) is 11.4. The molecule has 0 fully saturated rings. The molecule has 11 heteroatoms. The van der Waals surface area contributed by atoms with Crippen LogP contribution in [0.3, 0.4) is 0 Å². The topological polar surface area (TPSA) is 80.8 Å². The SMILES string of the molecule is C[C@@H](n1cc2cc(NCc3cc(F)cc(F)c3)ccc2n1)[C@](O)(Cn1cncn1)c1ccc(F)cc1F. The molecule has 0 aliphatic rings. The molecule has 0 unspecified atom stereocenters. The Balaban J connectivity index is 1.45. The molecule has 0 radical (unpaired) electrons. The van der Waals surface area contributed by atoms with Gasteiger partial charge in [0.25, 0.3) is 0 Å². The second-order valence-electron chi connectivity index (χ2n) is 8.83. The van der Waals surface area contributed by atoms with E-state index in [2.05, 4.69) is 20.5 Å². The van der Waals surface area contributed by atoms with Crippen LogP contribution in [0.1, 0.15) is 24.1 Å². The largest absolute Gasteiger partial charge is 0.381 e. The van der Waals surface area contributed by atoms with Crippen molar-refractivity contribution in [1.82, 2.24) is 24.5 Å². The fourth-order valence-electron chi connectivity index (χ4n) is 4.33. The Morgan fingerprint density at radius 3 is 2.46 bits per heavy atom. The molecule has 37 heavy (non-hydrogen) atoms. The van der Waals surface area contributed by atoms with Gasteiger partial charge >= 0.3 is 0 Å². The van der Waals surface area contributed by atoms with Crippen molar-refractivity contribution in [3.05, 3.63) is 108 Å². The van der Waals surface area contributed by atoms with E-state index in [1.165, 1.54) is 40.2 Å². The fourth-order valence-corrected chi connectivity index (χ4v) is 4.33. The summed E-state index contributed by atoms with van der Waals surface area (Å²) >= 11 is 0. The molecule has 0 spiro atoms. The van der Waals surface area contributed by atoms with Crippen LogP contribution in [0, 0.1) is 23.3 Å². The average molecular weight is 510 g/mol. The summed E-state index contributed by atoms with van der Waals surface area (Å²) in [7, 11) is 0. The van der Waals surface area contributed by atoms with Gasteiger partial charge in [0.05, 0.1) is 18.1 Å². The van der Waals surface area contributed by atoms with Gasteiger partial charge in [0.15, 0.2) is 0 Å². The van der Waals surface area contributed by atoms with Gasteiger partial charge in [-0.1, -0.05) is 6.07 Å². The maximum atomic E-state index is 14.9. The first-order valence-electron chi connectivity index (χ1n) is 11.4. The van der Waals surface area contributed by atoms with Crippen LogP contribution < -0.4 is 5.32 Å². The Hall–Kier alpha value is -4.25. The molecule has 190 valence electrons. The smallest absolute Gasteiger partial charge is 0.137 e. The second kappa shape index (κ2) is 9.66. The van der Waals surface area contributed by atoms with Gasteiger partial charge in [0.1, 0.15) is 41.5 Å². The lowest BCUT2D eigenvalue weighted by Gasteiger charge is -2.34. The Bertz CT molecular complexity index is 1530. The van der Waals surface area contributed by atoms with Crippen molar-refractivity contribution in [2.75, 3.05) is 5.32 Å². The molecular weight excluding hydrogens is 488 g/mol. The standard InChI is InChI=1S/C26H22F4N6O/c1-16(26(37,13-35-15-31-14-33-35)23-4-2-19(27)10-24(23)30)36-12-18-8-22(3-5-25(18)34-36)32-11-17-6-20(28)9-21(29)7-17/h2-10,12,14-16,32,37H,11,13H2,1H3/t16-,26-/m1/s1. The molecule has 2 atom stereocenters. The number of hydrogen-bond acceptors (Lipinski definition) is 5. The lowest BCUT2D eigenvalue weighted by atomic mass is 9.86. The van der Waals surface area contributed by atoms with Crippen LogP contribution in [0.5, 0.6) is 0 Å². The van der Waals surface area contributed by atoms with Crippen LogP contribution >= 0.6 is 0 Å². The zero-order chi connectivity index (χ0) is 26.2. The van der Waals surface area contributed by atoms with Gasteiger partial charge in [0.2, 0.25) is 0 Å². The summed E-state index contributed by atoms with van der Waals surface area (Å²) in [6, 6.07) is 10.8. The molecule has 0 saturated carbocycles. The molecule has 0 amide bonds. The number of rotatable bonds is 8. The van der Waals surface area contributed by atoms with E-state index in [4.69, 9.17) is 0 Å². The predicted molar refractivity (Wildman–Crippen MR) is 128 cm³/mol. The zero-order valence-corrected chi connectivity index (χ0v) is 19.6. The molecule has 0 aliphatic heterocycles. The minimum atomic E-state index is -1.87.